The van der Waals surface area contributed by atoms with Crippen LogP contribution in [0.5, 0.6) is 0 Å². The van der Waals surface area contributed by atoms with Crippen molar-refractivity contribution in [2.45, 2.75) is 26.2 Å². The predicted octanol–water partition coefficient (Wildman–Crippen LogP) is 4.93. The molecule has 0 fully saturated rings. The molecule has 0 aliphatic heterocycles. The number of benzene rings is 2. The quantitative estimate of drug-likeness (QED) is 0.774. The fourth-order valence-corrected chi connectivity index (χ4v) is 2.30. The molecule has 0 aliphatic rings. The van der Waals surface area contributed by atoms with Gasteiger partial charge in [-0.2, -0.15) is 0 Å². The average Bonchev–Trinajstić information content (AvgIpc) is 2.37. The van der Waals surface area contributed by atoms with Crippen molar-refractivity contribution >= 4 is 17.3 Å². The fourth-order valence-electron chi connectivity index (χ4n) is 2.00. The number of anilines is 1. The second-order valence-electron chi connectivity index (χ2n) is 4.54. The average molecular weight is 260 g/mol. The lowest BCUT2D eigenvalue weighted by Gasteiger charge is -2.07. The van der Waals surface area contributed by atoms with Crippen LogP contribution in [0.1, 0.15) is 25.3 Å². The van der Waals surface area contributed by atoms with Crippen LogP contribution >= 0.6 is 11.6 Å². The highest BCUT2D eigenvalue weighted by Gasteiger charge is 2.03. The van der Waals surface area contributed by atoms with Gasteiger partial charge in [0.2, 0.25) is 0 Å². The van der Waals surface area contributed by atoms with Crippen molar-refractivity contribution in [2.24, 2.45) is 0 Å². The summed E-state index contributed by atoms with van der Waals surface area (Å²) in [4.78, 5) is 0. The Morgan fingerprint density at radius 2 is 1.78 bits per heavy atom. The highest BCUT2D eigenvalue weighted by atomic mass is 35.5. The number of hydrogen-bond donors (Lipinski definition) is 1. The Morgan fingerprint density at radius 1 is 1.06 bits per heavy atom. The summed E-state index contributed by atoms with van der Waals surface area (Å²) in [7, 11) is 0. The molecule has 2 rings (SSSR count). The molecule has 0 saturated carbocycles. The van der Waals surface area contributed by atoms with Gasteiger partial charge in [0, 0.05) is 11.3 Å². The minimum absolute atomic E-state index is 0.698. The van der Waals surface area contributed by atoms with E-state index in [2.05, 4.69) is 31.2 Å². The minimum atomic E-state index is 0.698. The van der Waals surface area contributed by atoms with Crippen LogP contribution in [-0.2, 0) is 6.42 Å². The Labute approximate surface area is 114 Å². The predicted molar refractivity (Wildman–Crippen MR) is 79.9 cm³/mol. The summed E-state index contributed by atoms with van der Waals surface area (Å²) in [5.41, 5.74) is 9.95. The first-order valence-electron chi connectivity index (χ1n) is 6.35. The van der Waals surface area contributed by atoms with Gasteiger partial charge < -0.3 is 5.73 Å². The van der Waals surface area contributed by atoms with Crippen LogP contribution < -0.4 is 5.73 Å². The third kappa shape index (κ3) is 3.05. The Bertz CT molecular complexity index is 517. The topological polar surface area (TPSA) is 26.0 Å². The molecule has 0 heterocycles. The lowest BCUT2D eigenvalue weighted by Crippen LogP contribution is -1.87. The van der Waals surface area contributed by atoms with Gasteiger partial charge in [-0.25, -0.2) is 0 Å². The molecule has 0 amide bonds. The number of nitrogens with two attached hydrogens (primary N) is 1. The summed E-state index contributed by atoms with van der Waals surface area (Å²) < 4.78 is 0. The SMILES string of the molecule is CCCCc1ccc(-c2ccc(N)cc2Cl)cc1. The zero-order valence-electron chi connectivity index (χ0n) is 10.6. The van der Waals surface area contributed by atoms with E-state index in [1.54, 1.807) is 6.07 Å². The summed E-state index contributed by atoms with van der Waals surface area (Å²) in [5.74, 6) is 0. The van der Waals surface area contributed by atoms with Crippen molar-refractivity contribution in [3.8, 4) is 11.1 Å². The molecule has 0 atom stereocenters. The third-order valence-electron chi connectivity index (χ3n) is 3.08. The van der Waals surface area contributed by atoms with Gasteiger partial charge in [-0.05, 0) is 36.1 Å². The maximum absolute atomic E-state index is 6.21. The zero-order valence-corrected chi connectivity index (χ0v) is 11.4. The van der Waals surface area contributed by atoms with Crippen LogP contribution in [-0.4, -0.2) is 0 Å². The van der Waals surface area contributed by atoms with Crippen LogP contribution in [0.3, 0.4) is 0 Å². The molecule has 2 N–H and O–H groups in total. The summed E-state index contributed by atoms with van der Waals surface area (Å²) in [6, 6.07) is 14.3. The van der Waals surface area contributed by atoms with Gasteiger partial charge in [-0.1, -0.05) is 55.3 Å². The first kappa shape index (κ1) is 13.0. The van der Waals surface area contributed by atoms with Gasteiger partial charge in [0.05, 0.1) is 5.02 Å². The molecule has 0 bridgehead atoms. The number of rotatable bonds is 4. The van der Waals surface area contributed by atoms with E-state index in [0.717, 1.165) is 17.5 Å². The van der Waals surface area contributed by atoms with Gasteiger partial charge in [-0.3, -0.25) is 0 Å². The molecule has 0 radical (unpaired) electrons. The number of hydrogen-bond acceptors (Lipinski definition) is 1. The Kier molecular flexibility index (Phi) is 4.27. The Hall–Kier alpha value is -1.47. The summed E-state index contributed by atoms with van der Waals surface area (Å²) in [6.45, 7) is 2.21. The number of unbranched alkanes of at least 4 members (excludes halogenated alkanes) is 1. The molecule has 0 unspecified atom stereocenters. The second-order valence-corrected chi connectivity index (χ2v) is 4.95. The van der Waals surface area contributed by atoms with E-state index in [0.29, 0.717) is 10.7 Å². The van der Waals surface area contributed by atoms with Gasteiger partial charge in [-0.15, -0.1) is 0 Å². The van der Waals surface area contributed by atoms with Crippen molar-refractivity contribution < 1.29 is 0 Å². The third-order valence-corrected chi connectivity index (χ3v) is 3.39. The van der Waals surface area contributed by atoms with Crippen molar-refractivity contribution in [3.05, 3.63) is 53.1 Å². The standard InChI is InChI=1S/C16H18ClN/c1-2-3-4-12-5-7-13(8-6-12)15-10-9-14(18)11-16(15)17/h5-11H,2-4,18H2,1H3. The maximum atomic E-state index is 6.21. The van der Waals surface area contributed by atoms with Crippen molar-refractivity contribution in [2.75, 3.05) is 5.73 Å². The molecular formula is C16H18ClN. The molecule has 2 aromatic carbocycles. The molecule has 0 aliphatic carbocycles. The fraction of sp³-hybridized carbons (Fsp3) is 0.250. The minimum Gasteiger partial charge on any atom is -0.399 e. The second kappa shape index (κ2) is 5.92. The normalized spacial score (nSPS) is 10.6. The number of halogens is 1. The van der Waals surface area contributed by atoms with E-state index in [4.69, 9.17) is 17.3 Å². The Morgan fingerprint density at radius 3 is 2.39 bits per heavy atom. The Balaban J connectivity index is 2.23. The van der Waals surface area contributed by atoms with Gasteiger partial charge in [0.25, 0.3) is 0 Å². The molecular weight excluding hydrogens is 242 g/mol. The van der Waals surface area contributed by atoms with Crippen molar-refractivity contribution in [3.63, 3.8) is 0 Å². The zero-order chi connectivity index (χ0) is 13.0. The van der Waals surface area contributed by atoms with E-state index >= 15 is 0 Å². The highest BCUT2D eigenvalue weighted by Crippen LogP contribution is 2.29. The van der Waals surface area contributed by atoms with Crippen LogP contribution in [0, 0.1) is 0 Å². The molecule has 94 valence electrons. The van der Waals surface area contributed by atoms with Crippen LogP contribution in [0.25, 0.3) is 11.1 Å². The van der Waals surface area contributed by atoms with Crippen LogP contribution in [0.15, 0.2) is 42.5 Å². The van der Waals surface area contributed by atoms with Crippen molar-refractivity contribution in [1.29, 1.82) is 0 Å². The first-order chi connectivity index (χ1) is 8.70. The van der Waals surface area contributed by atoms with E-state index < -0.39 is 0 Å². The van der Waals surface area contributed by atoms with Crippen molar-refractivity contribution in [1.82, 2.24) is 0 Å². The van der Waals surface area contributed by atoms with Gasteiger partial charge in [0.1, 0.15) is 0 Å². The molecule has 18 heavy (non-hydrogen) atoms. The van der Waals surface area contributed by atoms with Gasteiger partial charge >= 0.3 is 0 Å². The lowest BCUT2D eigenvalue weighted by molar-refractivity contribution is 0.795. The monoisotopic (exact) mass is 259 g/mol. The molecule has 1 nitrogen and oxygen atoms in total. The number of aryl methyl sites for hydroxylation is 1. The first-order valence-corrected chi connectivity index (χ1v) is 6.73. The molecule has 2 heteroatoms. The largest absolute Gasteiger partial charge is 0.399 e. The number of nitrogen functional groups attached to an aromatic ring is 1. The van der Waals surface area contributed by atoms with E-state index in [9.17, 15) is 0 Å². The molecule has 0 spiro atoms. The van der Waals surface area contributed by atoms with Gasteiger partial charge in [0.15, 0.2) is 0 Å². The summed E-state index contributed by atoms with van der Waals surface area (Å²) in [5, 5.41) is 0.705. The molecule has 2 aromatic rings. The highest BCUT2D eigenvalue weighted by molar-refractivity contribution is 6.33. The molecule has 0 aromatic heterocycles. The smallest absolute Gasteiger partial charge is 0.0504 e. The lowest BCUT2D eigenvalue weighted by atomic mass is 10.0. The van der Waals surface area contributed by atoms with E-state index in [-0.39, 0.29) is 0 Å². The maximum Gasteiger partial charge on any atom is 0.0504 e. The molecule has 0 saturated heterocycles. The van der Waals surface area contributed by atoms with E-state index in [1.165, 1.54) is 18.4 Å². The van der Waals surface area contributed by atoms with Crippen LogP contribution in [0.2, 0.25) is 5.02 Å². The van der Waals surface area contributed by atoms with Crippen LogP contribution in [0.4, 0.5) is 5.69 Å². The van der Waals surface area contributed by atoms with E-state index in [1.807, 2.05) is 12.1 Å². The summed E-state index contributed by atoms with van der Waals surface area (Å²) >= 11 is 6.21. The summed E-state index contributed by atoms with van der Waals surface area (Å²) in [6.07, 6.45) is 3.61.